The van der Waals surface area contributed by atoms with E-state index < -0.39 is 23.1 Å². The number of carbonyl (C=O) groups is 3. The number of carbonyl (C=O) groups excluding carboxylic acids is 3. The summed E-state index contributed by atoms with van der Waals surface area (Å²) >= 11 is 0. The molecule has 2 N–H and O–H groups in total. The zero-order valence-electron chi connectivity index (χ0n) is 15.8. The monoisotopic (exact) mass is 376 g/mol. The molecule has 0 aromatic heterocycles. The van der Waals surface area contributed by atoms with Crippen LogP contribution in [0.2, 0.25) is 0 Å². The van der Waals surface area contributed by atoms with Gasteiger partial charge in [-0.25, -0.2) is 0 Å². The molecule has 0 aromatic rings. The Morgan fingerprint density at radius 2 is 2.00 bits per heavy atom. The van der Waals surface area contributed by atoms with Gasteiger partial charge in [0.05, 0.1) is 18.9 Å². The van der Waals surface area contributed by atoms with Crippen LogP contribution in [-0.4, -0.2) is 53.1 Å². The summed E-state index contributed by atoms with van der Waals surface area (Å²) < 4.78 is 11.8. The zero-order chi connectivity index (χ0) is 19.2. The third kappa shape index (κ3) is 2.96. The third-order valence-corrected chi connectivity index (χ3v) is 6.84. The van der Waals surface area contributed by atoms with Gasteiger partial charge in [0.2, 0.25) is 11.8 Å². The molecule has 7 nitrogen and oxygen atoms in total. The number of esters is 1. The van der Waals surface area contributed by atoms with E-state index in [-0.39, 0.29) is 37.2 Å². The van der Waals surface area contributed by atoms with Crippen molar-refractivity contribution in [2.45, 2.75) is 69.1 Å². The van der Waals surface area contributed by atoms with Crippen molar-refractivity contribution in [2.75, 3.05) is 13.2 Å². The van der Waals surface area contributed by atoms with Crippen molar-refractivity contribution in [2.24, 2.45) is 17.6 Å². The summed E-state index contributed by atoms with van der Waals surface area (Å²) in [5.41, 5.74) is 3.73. The fourth-order valence-corrected chi connectivity index (χ4v) is 5.35. The van der Waals surface area contributed by atoms with E-state index in [4.69, 9.17) is 15.2 Å². The lowest BCUT2D eigenvalue weighted by Crippen LogP contribution is -2.45. The molecule has 2 saturated heterocycles. The normalized spacial score (nSPS) is 37.7. The number of nitrogens with zero attached hydrogens (tertiary/aromatic N) is 1. The van der Waals surface area contributed by atoms with E-state index >= 15 is 0 Å². The first-order valence-electron chi connectivity index (χ1n) is 10.0. The summed E-state index contributed by atoms with van der Waals surface area (Å²) in [4.78, 5) is 37.9. The van der Waals surface area contributed by atoms with Crippen molar-refractivity contribution in [3.05, 3.63) is 12.2 Å². The molecule has 1 aliphatic carbocycles. The van der Waals surface area contributed by atoms with Crippen molar-refractivity contribution in [1.82, 2.24) is 4.90 Å². The first-order valence-corrected chi connectivity index (χ1v) is 10.0. The summed E-state index contributed by atoms with van der Waals surface area (Å²) in [5.74, 6) is -1.10. The second-order valence-corrected chi connectivity index (χ2v) is 8.50. The van der Waals surface area contributed by atoms with Crippen molar-refractivity contribution < 1.29 is 23.9 Å². The molecule has 4 rings (SSSR count). The van der Waals surface area contributed by atoms with Crippen LogP contribution in [-0.2, 0) is 23.9 Å². The van der Waals surface area contributed by atoms with Gasteiger partial charge in [-0.05, 0) is 12.8 Å². The number of fused-ring (bicyclic) bond motifs is 1. The van der Waals surface area contributed by atoms with E-state index in [1.54, 1.807) is 0 Å². The second-order valence-electron chi connectivity index (χ2n) is 8.50. The molecular weight excluding hydrogens is 348 g/mol. The Morgan fingerprint density at radius 1 is 1.26 bits per heavy atom. The van der Waals surface area contributed by atoms with Gasteiger partial charge in [0.15, 0.2) is 0 Å². The summed E-state index contributed by atoms with van der Waals surface area (Å²) in [6.45, 7) is 2.67. The zero-order valence-corrected chi connectivity index (χ0v) is 15.8. The number of hydrogen-bond donors (Lipinski definition) is 1. The molecule has 7 heteroatoms. The molecule has 0 radical (unpaired) electrons. The highest BCUT2D eigenvalue weighted by atomic mass is 16.6. The van der Waals surface area contributed by atoms with Crippen LogP contribution in [0.1, 0.15) is 51.9 Å². The number of nitrogens with two attached hydrogens (primary N) is 1. The molecule has 0 aromatic carbocycles. The van der Waals surface area contributed by atoms with Crippen LogP contribution in [0.5, 0.6) is 0 Å². The summed E-state index contributed by atoms with van der Waals surface area (Å²) in [6.07, 6.45) is 9.69. The average molecular weight is 376 g/mol. The standard InChI is InChI=1S/C20H28N2O5/c1-13-17-18(25)22(14-5-3-2-4-6-14)11-19(17)9-10-20(13,27-19)12-26-16(24)8-7-15(21)23/h9-10,13-14,17H,2-8,11-12H2,1H3,(H2,21,23). The molecule has 2 bridgehead atoms. The number of likely N-dealkylation sites (tertiary alicyclic amines) is 1. The minimum absolute atomic E-state index is 0.0283. The number of primary amides is 1. The highest BCUT2D eigenvalue weighted by molar-refractivity contribution is 5.86. The average Bonchev–Trinajstić information content (AvgIpc) is 3.25. The van der Waals surface area contributed by atoms with Crippen molar-refractivity contribution >= 4 is 17.8 Å². The molecule has 1 saturated carbocycles. The highest BCUT2D eigenvalue weighted by Gasteiger charge is 2.70. The number of rotatable bonds is 6. The van der Waals surface area contributed by atoms with Gasteiger partial charge in [-0.15, -0.1) is 0 Å². The molecule has 148 valence electrons. The number of hydrogen-bond acceptors (Lipinski definition) is 5. The summed E-state index contributed by atoms with van der Waals surface area (Å²) in [5, 5.41) is 0. The van der Waals surface area contributed by atoms with E-state index in [1.165, 1.54) is 19.3 Å². The van der Waals surface area contributed by atoms with Crippen LogP contribution in [0.25, 0.3) is 0 Å². The molecule has 4 atom stereocenters. The van der Waals surface area contributed by atoms with E-state index in [2.05, 4.69) is 0 Å². The quantitative estimate of drug-likeness (QED) is 0.556. The Balaban J connectivity index is 1.43. The van der Waals surface area contributed by atoms with Crippen LogP contribution in [0.3, 0.4) is 0 Å². The van der Waals surface area contributed by atoms with E-state index in [0.717, 1.165) is 12.8 Å². The van der Waals surface area contributed by atoms with Gasteiger partial charge in [0, 0.05) is 18.4 Å². The molecular formula is C20H28N2O5. The van der Waals surface area contributed by atoms with E-state index in [0.29, 0.717) is 12.6 Å². The van der Waals surface area contributed by atoms with Gasteiger partial charge in [-0.2, -0.15) is 0 Å². The van der Waals surface area contributed by atoms with Gasteiger partial charge in [-0.3, -0.25) is 14.4 Å². The van der Waals surface area contributed by atoms with Gasteiger partial charge in [0.1, 0.15) is 17.8 Å². The maximum atomic E-state index is 13.2. The topological polar surface area (TPSA) is 98.9 Å². The van der Waals surface area contributed by atoms with Crippen LogP contribution in [0, 0.1) is 11.8 Å². The lowest BCUT2D eigenvalue weighted by atomic mass is 9.73. The van der Waals surface area contributed by atoms with E-state index in [9.17, 15) is 14.4 Å². The first-order chi connectivity index (χ1) is 12.9. The van der Waals surface area contributed by atoms with Crippen molar-refractivity contribution in [3.63, 3.8) is 0 Å². The fraction of sp³-hybridized carbons (Fsp3) is 0.750. The Labute approximate surface area is 159 Å². The maximum absolute atomic E-state index is 13.2. The lowest BCUT2D eigenvalue weighted by Gasteiger charge is -2.34. The largest absolute Gasteiger partial charge is 0.462 e. The molecule has 4 unspecified atom stereocenters. The van der Waals surface area contributed by atoms with Crippen LogP contribution >= 0.6 is 0 Å². The third-order valence-electron chi connectivity index (χ3n) is 6.84. The molecule has 2 amide bonds. The maximum Gasteiger partial charge on any atom is 0.306 e. The predicted molar refractivity (Wildman–Crippen MR) is 96.3 cm³/mol. The second kappa shape index (κ2) is 6.62. The van der Waals surface area contributed by atoms with Crippen LogP contribution in [0.4, 0.5) is 0 Å². The molecule has 27 heavy (non-hydrogen) atoms. The van der Waals surface area contributed by atoms with Crippen molar-refractivity contribution in [1.29, 1.82) is 0 Å². The number of amides is 2. The minimum atomic E-state index is -0.749. The molecule has 3 aliphatic heterocycles. The molecule has 3 heterocycles. The Kier molecular flexibility index (Phi) is 4.53. The van der Waals surface area contributed by atoms with Gasteiger partial charge in [0.25, 0.3) is 0 Å². The Morgan fingerprint density at radius 3 is 2.67 bits per heavy atom. The highest BCUT2D eigenvalue weighted by Crippen LogP contribution is 2.57. The van der Waals surface area contributed by atoms with Crippen LogP contribution < -0.4 is 5.73 Å². The lowest BCUT2D eigenvalue weighted by molar-refractivity contribution is -0.154. The smallest absolute Gasteiger partial charge is 0.306 e. The molecule has 4 aliphatic rings. The molecule has 1 spiro atoms. The SMILES string of the molecule is CC1C2C(=O)N(C3CCCCC3)CC23C=CC1(COC(=O)CCC(N)=O)O3. The minimum Gasteiger partial charge on any atom is -0.462 e. The Bertz CT molecular complexity index is 686. The van der Waals surface area contributed by atoms with Crippen LogP contribution in [0.15, 0.2) is 12.2 Å². The number of ether oxygens (including phenoxy) is 2. The van der Waals surface area contributed by atoms with E-state index in [1.807, 2.05) is 24.0 Å². The van der Waals surface area contributed by atoms with Gasteiger partial charge >= 0.3 is 5.97 Å². The fourth-order valence-electron chi connectivity index (χ4n) is 5.35. The molecule has 3 fully saturated rings. The summed E-state index contributed by atoms with van der Waals surface area (Å²) in [7, 11) is 0. The van der Waals surface area contributed by atoms with Gasteiger partial charge in [-0.1, -0.05) is 38.3 Å². The summed E-state index contributed by atoms with van der Waals surface area (Å²) in [6, 6.07) is 0.331. The van der Waals surface area contributed by atoms with Crippen molar-refractivity contribution in [3.8, 4) is 0 Å². The van der Waals surface area contributed by atoms with Gasteiger partial charge < -0.3 is 20.1 Å². The predicted octanol–water partition coefficient (Wildman–Crippen LogP) is 1.30. The first kappa shape index (κ1) is 18.5. The Hall–Kier alpha value is -1.89.